The summed E-state index contributed by atoms with van der Waals surface area (Å²) in [4.78, 5) is 10.9. The monoisotopic (exact) mass is 182 g/mol. The highest BCUT2D eigenvalue weighted by Gasteiger charge is 2.29. The lowest BCUT2D eigenvalue weighted by atomic mass is 9.82. The third-order valence-electron chi connectivity index (χ3n) is 2.03. The summed E-state index contributed by atoms with van der Waals surface area (Å²) in [7, 11) is 0. The molecule has 1 aliphatic carbocycles. The molecule has 0 spiro atoms. The number of carbonyl (C=O) groups is 1. The summed E-state index contributed by atoms with van der Waals surface area (Å²) in [6.07, 6.45) is 1.48. The average Bonchev–Trinajstić information content (AvgIpc) is 1.98. The van der Waals surface area contributed by atoms with E-state index < -0.39 is 11.9 Å². The van der Waals surface area contributed by atoms with Gasteiger partial charge in [0.15, 0.2) is 11.9 Å². The predicted molar refractivity (Wildman–Crippen MR) is 49.3 cm³/mol. The zero-order chi connectivity index (χ0) is 10.2. The van der Waals surface area contributed by atoms with Gasteiger partial charge in [-0.05, 0) is 17.1 Å². The quantitative estimate of drug-likeness (QED) is 0.594. The highest BCUT2D eigenvalue weighted by molar-refractivity contribution is 5.97. The molecule has 0 aromatic rings. The lowest BCUT2D eigenvalue weighted by Crippen LogP contribution is -2.28. The van der Waals surface area contributed by atoms with Crippen LogP contribution in [0, 0.1) is 5.41 Å². The molecule has 1 unspecified atom stereocenters. The zero-order valence-electron chi connectivity index (χ0n) is 8.03. The van der Waals surface area contributed by atoms with Gasteiger partial charge in [-0.1, -0.05) is 26.8 Å². The van der Waals surface area contributed by atoms with Crippen molar-refractivity contribution >= 4 is 5.78 Å². The Balaban J connectivity index is 3.12. The molecule has 0 fully saturated rings. The van der Waals surface area contributed by atoms with Gasteiger partial charge in [0, 0.05) is 0 Å². The van der Waals surface area contributed by atoms with Gasteiger partial charge >= 0.3 is 0 Å². The third kappa shape index (κ3) is 1.80. The fourth-order valence-electron chi connectivity index (χ4n) is 1.26. The Kier molecular flexibility index (Phi) is 2.30. The predicted octanol–water partition coefficient (Wildman–Crippen LogP) is 1.34. The smallest absolute Gasteiger partial charge is 0.191 e. The van der Waals surface area contributed by atoms with Gasteiger partial charge in [-0.25, -0.2) is 0 Å². The first-order chi connectivity index (χ1) is 5.84. The third-order valence-corrected chi connectivity index (χ3v) is 2.03. The maximum absolute atomic E-state index is 10.9. The Bertz CT molecular complexity index is 292. The van der Waals surface area contributed by atoms with Crippen LogP contribution in [0.4, 0.5) is 0 Å². The molecule has 0 aromatic carbocycles. The summed E-state index contributed by atoms with van der Waals surface area (Å²) in [5, 5.41) is 18.8. The molecule has 13 heavy (non-hydrogen) atoms. The van der Waals surface area contributed by atoms with Crippen LogP contribution in [0.15, 0.2) is 23.5 Å². The van der Waals surface area contributed by atoms with E-state index in [2.05, 4.69) is 0 Å². The number of hydrogen-bond acceptors (Lipinski definition) is 3. The van der Waals surface area contributed by atoms with E-state index in [1.54, 1.807) is 6.08 Å². The first-order valence-corrected chi connectivity index (χ1v) is 4.17. The standard InChI is InChI=1S/C10H14O3/c1-10(2,3)6-4-5-7(11)9(13)8(6)12/h4-5,9,12-13H,1-3H3. The van der Waals surface area contributed by atoms with Crippen molar-refractivity contribution in [1.82, 2.24) is 0 Å². The van der Waals surface area contributed by atoms with Crippen LogP contribution < -0.4 is 0 Å². The van der Waals surface area contributed by atoms with E-state index in [0.29, 0.717) is 5.57 Å². The molecule has 0 aromatic heterocycles. The Morgan fingerprint density at radius 2 is 1.85 bits per heavy atom. The maximum atomic E-state index is 10.9. The number of carbonyl (C=O) groups excluding carboxylic acids is 1. The number of ketones is 1. The van der Waals surface area contributed by atoms with Crippen molar-refractivity contribution in [2.24, 2.45) is 5.41 Å². The molecule has 1 rings (SSSR count). The van der Waals surface area contributed by atoms with E-state index in [9.17, 15) is 15.0 Å². The highest BCUT2D eigenvalue weighted by atomic mass is 16.3. The van der Waals surface area contributed by atoms with Gasteiger partial charge in [-0.3, -0.25) is 4.79 Å². The van der Waals surface area contributed by atoms with Crippen molar-refractivity contribution in [3.8, 4) is 0 Å². The molecular formula is C10H14O3. The van der Waals surface area contributed by atoms with Crippen LogP contribution in [-0.4, -0.2) is 22.1 Å². The SMILES string of the molecule is CC(C)(C)C1=C(O)C(O)C(=O)C=C1. The Labute approximate surface area is 77.4 Å². The molecule has 3 nitrogen and oxygen atoms in total. The average molecular weight is 182 g/mol. The summed E-state index contributed by atoms with van der Waals surface area (Å²) in [6.45, 7) is 5.72. The van der Waals surface area contributed by atoms with E-state index in [-0.39, 0.29) is 11.2 Å². The lowest BCUT2D eigenvalue weighted by molar-refractivity contribution is -0.122. The second-order valence-electron chi connectivity index (χ2n) is 4.19. The normalized spacial score (nSPS) is 24.0. The number of rotatable bonds is 0. The van der Waals surface area contributed by atoms with Crippen molar-refractivity contribution in [3.05, 3.63) is 23.5 Å². The van der Waals surface area contributed by atoms with Crippen molar-refractivity contribution in [2.75, 3.05) is 0 Å². The van der Waals surface area contributed by atoms with Gasteiger partial charge in [0.25, 0.3) is 0 Å². The van der Waals surface area contributed by atoms with E-state index in [1.807, 2.05) is 20.8 Å². The molecule has 0 heterocycles. The largest absolute Gasteiger partial charge is 0.509 e. The summed E-state index contributed by atoms with van der Waals surface area (Å²) in [5.74, 6) is -0.689. The van der Waals surface area contributed by atoms with Gasteiger partial charge < -0.3 is 10.2 Å². The Morgan fingerprint density at radius 3 is 2.31 bits per heavy atom. The molecule has 3 heteroatoms. The van der Waals surface area contributed by atoms with Gasteiger partial charge in [0.05, 0.1) is 0 Å². The van der Waals surface area contributed by atoms with Crippen LogP contribution in [0.1, 0.15) is 20.8 Å². The van der Waals surface area contributed by atoms with Crippen LogP contribution in [0.5, 0.6) is 0 Å². The van der Waals surface area contributed by atoms with E-state index in [1.165, 1.54) is 6.08 Å². The zero-order valence-corrected chi connectivity index (χ0v) is 8.03. The van der Waals surface area contributed by atoms with Crippen LogP contribution >= 0.6 is 0 Å². The van der Waals surface area contributed by atoms with Crippen molar-refractivity contribution < 1.29 is 15.0 Å². The fraction of sp³-hybridized carbons (Fsp3) is 0.500. The summed E-state index contributed by atoms with van der Waals surface area (Å²) in [6, 6.07) is 0. The number of allylic oxidation sites excluding steroid dienone is 2. The second-order valence-corrected chi connectivity index (χ2v) is 4.19. The van der Waals surface area contributed by atoms with Gasteiger partial charge in [-0.15, -0.1) is 0 Å². The van der Waals surface area contributed by atoms with Crippen LogP contribution in [0.3, 0.4) is 0 Å². The van der Waals surface area contributed by atoms with Crippen LogP contribution in [0.2, 0.25) is 0 Å². The van der Waals surface area contributed by atoms with E-state index in [0.717, 1.165) is 0 Å². The molecule has 0 bridgehead atoms. The van der Waals surface area contributed by atoms with Gasteiger partial charge in [-0.2, -0.15) is 0 Å². The summed E-state index contributed by atoms with van der Waals surface area (Å²) < 4.78 is 0. The minimum Gasteiger partial charge on any atom is -0.509 e. The number of aliphatic hydroxyl groups is 2. The van der Waals surface area contributed by atoms with E-state index in [4.69, 9.17) is 0 Å². The molecule has 1 aliphatic rings. The Morgan fingerprint density at radius 1 is 1.31 bits per heavy atom. The minimum atomic E-state index is -1.38. The molecule has 2 N–H and O–H groups in total. The first-order valence-electron chi connectivity index (χ1n) is 4.17. The molecule has 1 atom stereocenters. The van der Waals surface area contributed by atoms with Gasteiger partial charge in [0.1, 0.15) is 5.76 Å². The van der Waals surface area contributed by atoms with Crippen molar-refractivity contribution in [2.45, 2.75) is 26.9 Å². The van der Waals surface area contributed by atoms with Crippen molar-refractivity contribution in [1.29, 1.82) is 0 Å². The topological polar surface area (TPSA) is 57.5 Å². The van der Waals surface area contributed by atoms with E-state index >= 15 is 0 Å². The van der Waals surface area contributed by atoms with Crippen LogP contribution in [-0.2, 0) is 4.79 Å². The van der Waals surface area contributed by atoms with Gasteiger partial charge in [0.2, 0.25) is 0 Å². The summed E-state index contributed by atoms with van der Waals surface area (Å²) >= 11 is 0. The summed E-state index contributed by atoms with van der Waals surface area (Å²) in [5.41, 5.74) is 0.349. The lowest BCUT2D eigenvalue weighted by Gasteiger charge is -2.25. The minimum absolute atomic E-state index is 0.222. The fourth-order valence-corrected chi connectivity index (χ4v) is 1.26. The molecule has 0 aliphatic heterocycles. The highest BCUT2D eigenvalue weighted by Crippen LogP contribution is 2.31. The molecule has 72 valence electrons. The molecular weight excluding hydrogens is 168 g/mol. The molecule has 0 saturated heterocycles. The van der Waals surface area contributed by atoms with Crippen molar-refractivity contribution in [3.63, 3.8) is 0 Å². The van der Waals surface area contributed by atoms with Crippen LogP contribution in [0.25, 0.3) is 0 Å². The molecule has 0 saturated carbocycles. The molecule has 0 radical (unpaired) electrons. The number of aliphatic hydroxyl groups excluding tert-OH is 2. The first kappa shape index (κ1) is 9.99. The molecule has 0 amide bonds. The second kappa shape index (κ2) is 3.00. The maximum Gasteiger partial charge on any atom is 0.191 e. The Hall–Kier alpha value is -1.09. The number of hydrogen-bond donors (Lipinski definition) is 2.